The molecule has 0 aromatic carbocycles. The number of rotatable bonds is 1. The third-order valence-electron chi connectivity index (χ3n) is 0.922. The van der Waals surface area contributed by atoms with E-state index in [2.05, 4.69) is 0 Å². The van der Waals surface area contributed by atoms with Crippen molar-refractivity contribution in [2.45, 2.75) is 13.8 Å². The highest BCUT2D eigenvalue weighted by atomic mass is 16.1. The maximum atomic E-state index is 10.4. The minimum Gasteiger partial charge on any atom is -0.280 e. The van der Waals surface area contributed by atoms with Gasteiger partial charge in [0.25, 0.3) is 0 Å². The van der Waals surface area contributed by atoms with E-state index in [0.29, 0.717) is 5.57 Å². The van der Waals surface area contributed by atoms with Crippen molar-refractivity contribution in [3.05, 3.63) is 11.6 Å². The fourth-order valence-electron chi connectivity index (χ4n) is 0.245. The Labute approximate surface area is 49.4 Å². The maximum Gasteiger partial charge on any atom is 0.230 e. The molecule has 0 aliphatic carbocycles. The van der Waals surface area contributed by atoms with Gasteiger partial charge in [0.05, 0.1) is 0 Å². The monoisotopic (exact) mass is 108 g/mol. The average Bonchev–Trinajstić information content (AvgIpc) is 1.84. The van der Waals surface area contributed by atoms with E-state index in [1.807, 2.05) is 5.92 Å². The number of ketones is 1. The van der Waals surface area contributed by atoms with Gasteiger partial charge in [-0.05, 0) is 19.8 Å². The van der Waals surface area contributed by atoms with Gasteiger partial charge in [-0.2, -0.15) is 0 Å². The average molecular weight is 108 g/mol. The molecule has 42 valence electrons. The molecule has 0 heterocycles. The molecule has 0 aromatic heterocycles. The van der Waals surface area contributed by atoms with Crippen LogP contribution in [0, 0.1) is 12.3 Å². The Hall–Kier alpha value is -1.03. The van der Waals surface area contributed by atoms with Gasteiger partial charge in [-0.25, -0.2) is 0 Å². The summed E-state index contributed by atoms with van der Waals surface area (Å²) >= 11 is 0. The van der Waals surface area contributed by atoms with Crippen molar-refractivity contribution in [2.75, 3.05) is 0 Å². The Balaban J connectivity index is 4.10. The molecule has 0 aliphatic heterocycles. The quantitative estimate of drug-likeness (QED) is 0.280. The highest BCUT2D eigenvalue weighted by molar-refractivity contribution is 6.07. The van der Waals surface area contributed by atoms with E-state index >= 15 is 0 Å². The second-order valence-electron chi connectivity index (χ2n) is 1.45. The predicted octanol–water partition coefficient (Wildman–Crippen LogP) is 1.15. The van der Waals surface area contributed by atoms with Crippen LogP contribution in [0.15, 0.2) is 11.6 Å². The molecule has 0 radical (unpaired) electrons. The van der Waals surface area contributed by atoms with Crippen molar-refractivity contribution in [3.63, 3.8) is 0 Å². The molecule has 1 heteroatoms. The van der Waals surface area contributed by atoms with Crippen LogP contribution in [0.3, 0.4) is 0 Å². The first-order chi connectivity index (χ1) is 3.72. The molecule has 0 saturated heterocycles. The Morgan fingerprint density at radius 2 is 2.25 bits per heavy atom. The van der Waals surface area contributed by atoms with E-state index in [1.54, 1.807) is 19.9 Å². The summed E-state index contributed by atoms with van der Waals surface area (Å²) in [6.45, 7) is 3.48. The van der Waals surface area contributed by atoms with Crippen LogP contribution in [-0.2, 0) is 4.79 Å². The third-order valence-corrected chi connectivity index (χ3v) is 0.922. The molecule has 0 aromatic rings. The lowest BCUT2D eigenvalue weighted by Crippen LogP contribution is -1.92. The molecule has 0 bridgehead atoms. The number of hydrogen-bond acceptors (Lipinski definition) is 1. The molecule has 8 heavy (non-hydrogen) atoms. The molecule has 0 amide bonds. The molecule has 0 rings (SSSR count). The summed E-state index contributed by atoms with van der Waals surface area (Å²) in [5.41, 5.74) is 0.632. The van der Waals surface area contributed by atoms with Crippen molar-refractivity contribution < 1.29 is 4.79 Å². The molecule has 0 N–H and O–H groups in total. The molecule has 0 spiro atoms. The number of carbonyl (C=O) groups is 1. The summed E-state index contributed by atoms with van der Waals surface area (Å²) in [5.74, 6) is 1.78. The second-order valence-corrected chi connectivity index (χ2v) is 1.45. The summed E-state index contributed by atoms with van der Waals surface area (Å²) in [6, 6.07) is 0. The standard InChI is InChI=1S/C7H8O/c1-4-6(3)7(8)5-2/h2,4H,1,3H3/b6-4-. The van der Waals surface area contributed by atoms with E-state index in [4.69, 9.17) is 6.42 Å². The van der Waals surface area contributed by atoms with Crippen LogP contribution < -0.4 is 0 Å². The van der Waals surface area contributed by atoms with E-state index in [0.717, 1.165) is 0 Å². The van der Waals surface area contributed by atoms with Gasteiger partial charge in [0, 0.05) is 5.57 Å². The normalized spacial score (nSPS) is 10.4. The smallest absolute Gasteiger partial charge is 0.230 e. The fourth-order valence-corrected chi connectivity index (χ4v) is 0.245. The zero-order valence-electron chi connectivity index (χ0n) is 5.06. The Morgan fingerprint density at radius 3 is 2.38 bits per heavy atom. The Bertz CT molecular complexity index is 158. The van der Waals surface area contributed by atoms with Crippen LogP contribution in [0.4, 0.5) is 0 Å². The first-order valence-corrected chi connectivity index (χ1v) is 2.36. The zero-order chi connectivity index (χ0) is 6.57. The summed E-state index contributed by atoms with van der Waals surface area (Å²) in [7, 11) is 0. The van der Waals surface area contributed by atoms with Crippen LogP contribution in [0.5, 0.6) is 0 Å². The van der Waals surface area contributed by atoms with Crippen molar-refractivity contribution >= 4 is 5.78 Å². The van der Waals surface area contributed by atoms with E-state index in [1.165, 1.54) is 0 Å². The largest absolute Gasteiger partial charge is 0.280 e. The summed E-state index contributed by atoms with van der Waals surface area (Å²) in [6.07, 6.45) is 6.50. The van der Waals surface area contributed by atoms with Gasteiger partial charge in [-0.3, -0.25) is 4.79 Å². The Kier molecular flexibility index (Phi) is 2.64. The summed E-state index contributed by atoms with van der Waals surface area (Å²) in [5, 5.41) is 0. The van der Waals surface area contributed by atoms with E-state index in [-0.39, 0.29) is 5.78 Å². The van der Waals surface area contributed by atoms with Crippen LogP contribution in [-0.4, -0.2) is 5.78 Å². The number of terminal acetylenes is 1. The number of Topliss-reactive ketones (excluding diaryl/α,β-unsaturated/α-hetero) is 1. The number of hydrogen-bond donors (Lipinski definition) is 0. The van der Waals surface area contributed by atoms with Crippen molar-refractivity contribution in [1.29, 1.82) is 0 Å². The van der Waals surface area contributed by atoms with Crippen molar-refractivity contribution in [1.82, 2.24) is 0 Å². The van der Waals surface area contributed by atoms with Gasteiger partial charge in [-0.15, -0.1) is 6.42 Å². The molecule has 0 aliphatic rings. The summed E-state index contributed by atoms with van der Waals surface area (Å²) < 4.78 is 0. The van der Waals surface area contributed by atoms with Gasteiger partial charge in [0.1, 0.15) is 0 Å². The SMILES string of the molecule is C#CC(=O)/C(C)=C\C. The minimum atomic E-state index is -0.229. The molecule has 0 atom stereocenters. The molecule has 0 fully saturated rings. The van der Waals surface area contributed by atoms with Crippen molar-refractivity contribution in [3.8, 4) is 12.3 Å². The highest BCUT2D eigenvalue weighted by Crippen LogP contribution is 1.90. The van der Waals surface area contributed by atoms with Gasteiger partial charge < -0.3 is 0 Å². The van der Waals surface area contributed by atoms with E-state index < -0.39 is 0 Å². The Morgan fingerprint density at radius 1 is 1.75 bits per heavy atom. The zero-order valence-corrected chi connectivity index (χ0v) is 5.06. The number of allylic oxidation sites excluding steroid dienone is 2. The molecular formula is C7H8O. The molecule has 1 nitrogen and oxygen atoms in total. The van der Waals surface area contributed by atoms with Crippen LogP contribution >= 0.6 is 0 Å². The lowest BCUT2D eigenvalue weighted by Gasteiger charge is -1.84. The molecule has 0 unspecified atom stereocenters. The van der Waals surface area contributed by atoms with Gasteiger partial charge in [0.15, 0.2) is 0 Å². The highest BCUT2D eigenvalue weighted by Gasteiger charge is 1.93. The van der Waals surface area contributed by atoms with Gasteiger partial charge in [0.2, 0.25) is 5.78 Å². The predicted molar refractivity (Wildman–Crippen MR) is 33.3 cm³/mol. The summed E-state index contributed by atoms with van der Waals surface area (Å²) in [4.78, 5) is 10.4. The van der Waals surface area contributed by atoms with Crippen molar-refractivity contribution in [2.24, 2.45) is 0 Å². The maximum absolute atomic E-state index is 10.4. The fraction of sp³-hybridized carbons (Fsp3) is 0.286. The number of carbonyl (C=O) groups excluding carboxylic acids is 1. The molecule has 0 saturated carbocycles. The molecular weight excluding hydrogens is 100 g/mol. The second kappa shape index (κ2) is 3.04. The minimum absolute atomic E-state index is 0.229. The third kappa shape index (κ3) is 1.61. The lowest BCUT2D eigenvalue weighted by molar-refractivity contribution is -0.110. The topological polar surface area (TPSA) is 17.1 Å². The lowest BCUT2D eigenvalue weighted by atomic mass is 10.2. The van der Waals surface area contributed by atoms with Gasteiger partial charge >= 0.3 is 0 Å². The van der Waals surface area contributed by atoms with Crippen LogP contribution in [0.1, 0.15) is 13.8 Å². The van der Waals surface area contributed by atoms with Crippen LogP contribution in [0.25, 0.3) is 0 Å². The first kappa shape index (κ1) is 6.97. The van der Waals surface area contributed by atoms with E-state index in [9.17, 15) is 4.79 Å². The first-order valence-electron chi connectivity index (χ1n) is 2.36. The van der Waals surface area contributed by atoms with Crippen LogP contribution in [0.2, 0.25) is 0 Å². The van der Waals surface area contributed by atoms with Gasteiger partial charge in [-0.1, -0.05) is 6.08 Å².